The van der Waals surface area contributed by atoms with E-state index >= 15 is 0 Å². The number of unbranched alkanes of at least 4 members (excludes halogenated alkanes) is 16. The number of nitrogens with zero attached hydrogens (tertiary/aromatic N) is 1. The van der Waals surface area contributed by atoms with E-state index in [-0.39, 0.29) is 0 Å². The van der Waals surface area contributed by atoms with Gasteiger partial charge in [-0.05, 0) is 49.8 Å². The molecule has 173 valence electrons. The second-order valence-corrected chi connectivity index (χ2v) is 9.33. The molecular formula is C29H52N. The van der Waals surface area contributed by atoms with Crippen LogP contribution < -0.4 is 0 Å². The quantitative estimate of drug-likeness (QED) is 0.182. The molecule has 1 heterocycles. The van der Waals surface area contributed by atoms with Crippen molar-refractivity contribution < 1.29 is 0 Å². The summed E-state index contributed by atoms with van der Waals surface area (Å²) >= 11 is 0. The topological polar surface area (TPSA) is 12.9 Å². The van der Waals surface area contributed by atoms with Crippen molar-refractivity contribution in [2.75, 3.05) is 0 Å². The summed E-state index contributed by atoms with van der Waals surface area (Å²) in [5, 5.41) is 0. The highest BCUT2D eigenvalue weighted by molar-refractivity contribution is 5.27. The molecule has 0 N–H and O–H groups in total. The minimum atomic E-state index is 1.16. The van der Waals surface area contributed by atoms with Gasteiger partial charge in [0.1, 0.15) is 0 Å². The van der Waals surface area contributed by atoms with Crippen LogP contribution in [-0.4, -0.2) is 4.98 Å². The molecule has 1 aromatic rings. The molecule has 0 bridgehead atoms. The second kappa shape index (κ2) is 20.1. The molecule has 1 heteroatoms. The molecule has 0 aliphatic carbocycles. The third-order valence-electron chi connectivity index (χ3n) is 6.36. The Morgan fingerprint density at radius 3 is 1.20 bits per heavy atom. The SMILES string of the molecule is C[CH]c1cc(CCCCCCCCCCC)nc(CCCCCCCCCCC)c1. The van der Waals surface area contributed by atoms with Gasteiger partial charge in [-0.1, -0.05) is 124 Å². The van der Waals surface area contributed by atoms with Crippen LogP contribution in [0.1, 0.15) is 153 Å². The molecule has 0 aliphatic rings. The average molecular weight is 415 g/mol. The fourth-order valence-corrected chi connectivity index (χ4v) is 4.33. The number of hydrogen-bond acceptors (Lipinski definition) is 1. The van der Waals surface area contributed by atoms with Gasteiger partial charge in [-0.2, -0.15) is 0 Å². The first-order valence-electron chi connectivity index (χ1n) is 13.6. The molecule has 0 spiro atoms. The first-order valence-corrected chi connectivity index (χ1v) is 13.6. The Kier molecular flexibility index (Phi) is 18.2. The lowest BCUT2D eigenvalue weighted by molar-refractivity contribution is 0.561. The van der Waals surface area contributed by atoms with Crippen LogP contribution in [0, 0.1) is 6.42 Å². The third kappa shape index (κ3) is 15.0. The summed E-state index contributed by atoms with van der Waals surface area (Å²) in [7, 11) is 0. The molecule has 0 amide bonds. The van der Waals surface area contributed by atoms with E-state index in [1.54, 1.807) is 0 Å². The highest BCUT2D eigenvalue weighted by atomic mass is 14.7. The van der Waals surface area contributed by atoms with Crippen molar-refractivity contribution in [1.82, 2.24) is 4.98 Å². The molecule has 1 aromatic heterocycles. The summed E-state index contributed by atoms with van der Waals surface area (Å²) in [6.45, 7) is 6.74. The van der Waals surface area contributed by atoms with Crippen LogP contribution in [0.3, 0.4) is 0 Å². The standard InChI is InChI=1S/C29H52N/c1-4-7-9-11-13-15-17-19-21-23-28-25-27(6-3)26-29(30-28)24-22-20-18-16-14-12-10-8-5-2/h6,25-26H,4-5,7-24H2,1-3H3. The van der Waals surface area contributed by atoms with E-state index in [1.165, 1.54) is 133 Å². The van der Waals surface area contributed by atoms with Crippen molar-refractivity contribution >= 4 is 0 Å². The lowest BCUT2D eigenvalue weighted by Crippen LogP contribution is -1.99. The van der Waals surface area contributed by atoms with E-state index in [4.69, 9.17) is 4.98 Å². The molecule has 0 atom stereocenters. The van der Waals surface area contributed by atoms with Gasteiger partial charge in [0.05, 0.1) is 0 Å². The van der Waals surface area contributed by atoms with Crippen LogP contribution in [0.4, 0.5) is 0 Å². The number of aromatic nitrogens is 1. The molecule has 0 saturated carbocycles. The Hall–Kier alpha value is -0.850. The number of aryl methyl sites for hydroxylation is 2. The van der Waals surface area contributed by atoms with Crippen molar-refractivity contribution in [1.29, 1.82) is 0 Å². The maximum absolute atomic E-state index is 5.00. The predicted octanol–water partition coefficient (Wildman–Crippen LogP) is 9.80. The van der Waals surface area contributed by atoms with Crippen LogP contribution in [0.2, 0.25) is 0 Å². The summed E-state index contributed by atoms with van der Waals surface area (Å²) < 4.78 is 0. The van der Waals surface area contributed by atoms with Gasteiger partial charge in [-0.25, -0.2) is 0 Å². The van der Waals surface area contributed by atoms with Crippen molar-refractivity contribution in [2.45, 2.75) is 149 Å². The fraction of sp³-hybridized carbons (Fsp3) is 0.793. The highest BCUT2D eigenvalue weighted by Crippen LogP contribution is 2.16. The van der Waals surface area contributed by atoms with Gasteiger partial charge >= 0.3 is 0 Å². The number of pyridine rings is 1. The van der Waals surface area contributed by atoms with Gasteiger partial charge in [0.25, 0.3) is 0 Å². The van der Waals surface area contributed by atoms with E-state index in [0.717, 1.165) is 12.8 Å². The third-order valence-corrected chi connectivity index (χ3v) is 6.36. The molecule has 0 fully saturated rings. The largest absolute Gasteiger partial charge is 0.258 e. The molecule has 1 nitrogen and oxygen atoms in total. The summed E-state index contributed by atoms with van der Waals surface area (Å²) in [5.41, 5.74) is 4.00. The molecule has 1 radical (unpaired) electrons. The Morgan fingerprint density at radius 1 is 0.533 bits per heavy atom. The van der Waals surface area contributed by atoms with Crippen molar-refractivity contribution in [3.8, 4) is 0 Å². The lowest BCUT2D eigenvalue weighted by atomic mass is 10.0. The fourth-order valence-electron chi connectivity index (χ4n) is 4.33. The smallest absolute Gasteiger partial charge is 0.0409 e. The zero-order chi connectivity index (χ0) is 21.7. The van der Waals surface area contributed by atoms with E-state index in [9.17, 15) is 0 Å². The van der Waals surface area contributed by atoms with E-state index in [1.807, 2.05) is 0 Å². The van der Waals surface area contributed by atoms with Crippen molar-refractivity contribution in [3.63, 3.8) is 0 Å². The van der Waals surface area contributed by atoms with Crippen LogP contribution in [0.15, 0.2) is 12.1 Å². The zero-order valence-electron chi connectivity index (χ0n) is 20.8. The van der Waals surface area contributed by atoms with Gasteiger partial charge in [0.15, 0.2) is 0 Å². The Labute approximate surface area is 189 Å². The molecule has 30 heavy (non-hydrogen) atoms. The molecular weight excluding hydrogens is 362 g/mol. The van der Waals surface area contributed by atoms with Gasteiger partial charge < -0.3 is 0 Å². The monoisotopic (exact) mass is 414 g/mol. The molecule has 0 aliphatic heterocycles. The normalized spacial score (nSPS) is 11.3. The van der Waals surface area contributed by atoms with E-state index in [0.29, 0.717) is 0 Å². The van der Waals surface area contributed by atoms with Gasteiger partial charge in [0, 0.05) is 11.4 Å². The highest BCUT2D eigenvalue weighted by Gasteiger charge is 2.04. The maximum Gasteiger partial charge on any atom is 0.0409 e. The van der Waals surface area contributed by atoms with Gasteiger partial charge in [-0.3, -0.25) is 4.98 Å². The number of rotatable bonds is 21. The second-order valence-electron chi connectivity index (χ2n) is 9.33. The van der Waals surface area contributed by atoms with Crippen molar-refractivity contribution in [3.05, 3.63) is 35.5 Å². The first-order chi connectivity index (χ1) is 14.8. The van der Waals surface area contributed by atoms with E-state index < -0.39 is 0 Å². The summed E-state index contributed by atoms with van der Waals surface area (Å²) in [6.07, 6.45) is 29.6. The summed E-state index contributed by atoms with van der Waals surface area (Å²) in [5.74, 6) is 0. The Balaban J connectivity index is 2.17. The van der Waals surface area contributed by atoms with Crippen LogP contribution >= 0.6 is 0 Å². The number of hydrogen-bond donors (Lipinski definition) is 0. The van der Waals surface area contributed by atoms with Crippen molar-refractivity contribution in [2.24, 2.45) is 0 Å². The van der Waals surface area contributed by atoms with Crippen LogP contribution in [0.5, 0.6) is 0 Å². The predicted molar refractivity (Wildman–Crippen MR) is 135 cm³/mol. The van der Waals surface area contributed by atoms with E-state index in [2.05, 4.69) is 39.3 Å². The molecule has 0 aromatic carbocycles. The minimum Gasteiger partial charge on any atom is -0.258 e. The van der Waals surface area contributed by atoms with Crippen LogP contribution in [0.25, 0.3) is 0 Å². The summed E-state index contributed by atoms with van der Waals surface area (Å²) in [6, 6.07) is 4.62. The molecule has 0 unspecified atom stereocenters. The first kappa shape index (κ1) is 27.2. The summed E-state index contributed by atoms with van der Waals surface area (Å²) in [4.78, 5) is 5.00. The Bertz CT molecular complexity index is 453. The lowest BCUT2D eigenvalue weighted by Gasteiger charge is -2.09. The molecule has 1 rings (SSSR count). The average Bonchev–Trinajstić information content (AvgIpc) is 2.76. The molecule has 0 saturated heterocycles. The minimum absolute atomic E-state index is 1.16. The Morgan fingerprint density at radius 2 is 0.867 bits per heavy atom. The van der Waals surface area contributed by atoms with Gasteiger partial charge in [0.2, 0.25) is 0 Å². The van der Waals surface area contributed by atoms with Gasteiger partial charge in [-0.15, -0.1) is 0 Å². The maximum atomic E-state index is 5.00. The van der Waals surface area contributed by atoms with Crippen LogP contribution in [-0.2, 0) is 12.8 Å². The zero-order valence-corrected chi connectivity index (χ0v) is 20.8.